The van der Waals surface area contributed by atoms with E-state index in [1.807, 2.05) is 18.2 Å². The monoisotopic (exact) mass is 383 g/mol. The van der Waals surface area contributed by atoms with Gasteiger partial charge in [-0.2, -0.15) is 0 Å². The van der Waals surface area contributed by atoms with Crippen molar-refractivity contribution in [3.8, 4) is 0 Å². The van der Waals surface area contributed by atoms with Crippen LogP contribution in [0, 0.1) is 5.92 Å². The summed E-state index contributed by atoms with van der Waals surface area (Å²) in [7, 11) is 0. The summed E-state index contributed by atoms with van der Waals surface area (Å²) in [4.78, 5) is 40.5. The van der Waals surface area contributed by atoms with Crippen LogP contribution in [0.4, 0.5) is 11.4 Å². The van der Waals surface area contributed by atoms with Gasteiger partial charge in [0.05, 0.1) is 5.92 Å². The first-order valence-electron chi connectivity index (χ1n) is 10.5. The van der Waals surface area contributed by atoms with Crippen LogP contribution in [0.1, 0.15) is 57.4 Å². The lowest BCUT2D eigenvalue weighted by atomic mass is 10.0. The molecule has 4 rings (SSSR count). The summed E-state index contributed by atoms with van der Waals surface area (Å²) in [6.07, 6.45) is 8.02. The Balaban J connectivity index is 1.42. The van der Waals surface area contributed by atoms with Crippen molar-refractivity contribution >= 4 is 29.1 Å². The van der Waals surface area contributed by atoms with E-state index in [-0.39, 0.29) is 36.1 Å². The number of hydrogen-bond acceptors (Lipinski definition) is 3. The summed E-state index contributed by atoms with van der Waals surface area (Å²) < 4.78 is 0. The highest BCUT2D eigenvalue weighted by Gasteiger charge is 2.36. The number of rotatable bonds is 3. The number of nitrogens with one attached hydrogen (secondary N) is 1. The molecule has 1 aliphatic carbocycles. The molecule has 3 aliphatic rings. The fraction of sp³-hybridized carbons (Fsp3) is 0.591. The van der Waals surface area contributed by atoms with Gasteiger partial charge >= 0.3 is 0 Å². The van der Waals surface area contributed by atoms with Gasteiger partial charge in [0, 0.05) is 43.9 Å². The Kier molecular flexibility index (Phi) is 5.38. The molecule has 2 heterocycles. The largest absolute Gasteiger partial charge is 0.353 e. The topological polar surface area (TPSA) is 69.7 Å². The third-order valence-corrected chi connectivity index (χ3v) is 6.35. The van der Waals surface area contributed by atoms with Crippen molar-refractivity contribution in [2.45, 2.75) is 64.3 Å². The smallest absolute Gasteiger partial charge is 0.227 e. The van der Waals surface area contributed by atoms with Crippen LogP contribution in [0.15, 0.2) is 18.2 Å². The van der Waals surface area contributed by atoms with Gasteiger partial charge in [0.2, 0.25) is 17.7 Å². The van der Waals surface area contributed by atoms with Gasteiger partial charge in [-0.05, 0) is 43.0 Å². The predicted octanol–water partition coefficient (Wildman–Crippen LogP) is 2.79. The summed E-state index contributed by atoms with van der Waals surface area (Å²) in [6, 6.07) is 6.08. The molecule has 1 aromatic carbocycles. The molecule has 150 valence electrons. The number of nitrogens with zero attached hydrogens (tertiary/aromatic N) is 2. The minimum absolute atomic E-state index is 0.00221. The number of hydrogen-bond donors (Lipinski definition) is 1. The molecular formula is C22H29N3O3. The van der Waals surface area contributed by atoms with Gasteiger partial charge in [-0.15, -0.1) is 0 Å². The molecule has 0 radical (unpaired) electrons. The maximum Gasteiger partial charge on any atom is 0.227 e. The first-order valence-corrected chi connectivity index (χ1v) is 10.5. The second-order valence-electron chi connectivity index (χ2n) is 8.34. The van der Waals surface area contributed by atoms with Crippen LogP contribution in [-0.2, 0) is 20.8 Å². The van der Waals surface area contributed by atoms with E-state index in [2.05, 4.69) is 5.32 Å². The van der Waals surface area contributed by atoms with Crippen molar-refractivity contribution in [1.82, 2.24) is 5.32 Å². The van der Waals surface area contributed by atoms with Crippen molar-refractivity contribution in [2.75, 3.05) is 22.9 Å². The minimum Gasteiger partial charge on any atom is -0.353 e. The van der Waals surface area contributed by atoms with Crippen molar-refractivity contribution in [1.29, 1.82) is 0 Å². The number of carbonyl (C=O) groups excluding carboxylic acids is 3. The summed E-state index contributed by atoms with van der Waals surface area (Å²) in [5, 5.41) is 3.19. The Hall–Kier alpha value is -2.37. The summed E-state index contributed by atoms with van der Waals surface area (Å²) in [6.45, 7) is 2.70. The highest BCUT2D eigenvalue weighted by molar-refractivity contribution is 6.01. The molecule has 1 saturated carbocycles. The van der Waals surface area contributed by atoms with Crippen LogP contribution < -0.4 is 15.1 Å². The lowest BCUT2D eigenvalue weighted by Crippen LogP contribution is -2.39. The van der Waals surface area contributed by atoms with E-state index in [0.717, 1.165) is 36.2 Å². The Morgan fingerprint density at radius 3 is 2.57 bits per heavy atom. The van der Waals surface area contributed by atoms with Crippen LogP contribution in [0.3, 0.4) is 0 Å². The SMILES string of the molecule is CC(=O)N1CCc2cc(N3C[C@H](C(=O)NC4CCCCCC4)CC3=O)ccc21. The average molecular weight is 383 g/mol. The molecule has 3 amide bonds. The standard InChI is InChI=1S/C22H29N3O3/c1-15(26)24-11-10-16-12-19(8-9-20(16)24)25-14-17(13-21(25)27)22(28)23-18-6-4-2-3-5-7-18/h8-9,12,17-18H,2-7,10-11,13-14H2,1H3,(H,23,28)/t17-/m1/s1. The van der Waals surface area contributed by atoms with Gasteiger partial charge in [-0.1, -0.05) is 25.7 Å². The zero-order valence-corrected chi connectivity index (χ0v) is 16.6. The van der Waals surface area contributed by atoms with Crippen LogP contribution >= 0.6 is 0 Å². The third-order valence-electron chi connectivity index (χ3n) is 6.35. The van der Waals surface area contributed by atoms with Crippen molar-refractivity contribution in [2.24, 2.45) is 5.92 Å². The first-order chi connectivity index (χ1) is 13.5. The lowest BCUT2D eigenvalue weighted by molar-refractivity contribution is -0.127. The molecular weight excluding hydrogens is 354 g/mol. The van der Waals surface area contributed by atoms with Crippen molar-refractivity contribution < 1.29 is 14.4 Å². The Morgan fingerprint density at radius 2 is 1.86 bits per heavy atom. The van der Waals surface area contributed by atoms with Crippen LogP contribution in [0.2, 0.25) is 0 Å². The number of amides is 3. The Bertz CT molecular complexity index is 783. The van der Waals surface area contributed by atoms with Crippen LogP contribution in [-0.4, -0.2) is 36.9 Å². The Morgan fingerprint density at radius 1 is 1.11 bits per heavy atom. The molecule has 1 atom stereocenters. The highest BCUT2D eigenvalue weighted by atomic mass is 16.2. The van der Waals surface area contributed by atoms with E-state index < -0.39 is 0 Å². The fourth-order valence-corrected chi connectivity index (χ4v) is 4.76. The maximum atomic E-state index is 12.7. The Labute approximate surface area is 166 Å². The molecule has 2 aliphatic heterocycles. The summed E-state index contributed by atoms with van der Waals surface area (Å²) in [5.74, 6) is -0.217. The first kappa shape index (κ1) is 19.0. The molecule has 1 saturated heterocycles. The van der Waals surface area contributed by atoms with Gasteiger partial charge < -0.3 is 15.1 Å². The van der Waals surface area contributed by atoms with E-state index in [4.69, 9.17) is 0 Å². The van der Waals surface area contributed by atoms with E-state index in [9.17, 15) is 14.4 Å². The lowest BCUT2D eigenvalue weighted by Gasteiger charge is -2.21. The molecule has 0 unspecified atom stereocenters. The van der Waals surface area contributed by atoms with E-state index in [1.165, 1.54) is 25.7 Å². The van der Waals surface area contributed by atoms with Gasteiger partial charge in [0.25, 0.3) is 0 Å². The molecule has 1 N–H and O–H groups in total. The number of anilines is 2. The normalized spacial score (nSPS) is 22.9. The van der Waals surface area contributed by atoms with E-state index in [1.54, 1.807) is 16.7 Å². The zero-order chi connectivity index (χ0) is 19.7. The quantitative estimate of drug-likeness (QED) is 0.816. The molecule has 1 aromatic rings. The van der Waals surface area contributed by atoms with Gasteiger partial charge in [0.1, 0.15) is 0 Å². The van der Waals surface area contributed by atoms with Crippen LogP contribution in [0.5, 0.6) is 0 Å². The second kappa shape index (κ2) is 7.94. The fourth-order valence-electron chi connectivity index (χ4n) is 4.76. The van der Waals surface area contributed by atoms with Gasteiger partial charge in [0.15, 0.2) is 0 Å². The molecule has 0 aromatic heterocycles. The average Bonchev–Trinajstić information content (AvgIpc) is 3.18. The molecule has 6 nitrogen and oxygen atoms in total. The predicted molar refractivity (Wildman–Crippen MR) is 108 cm³/mol. The molecule has 2 fully saturated rings. The molecule has 6 heteroatoms. The van der Waals surface area contributed by atoms with Gasteiger partial charge in [-0.25, -0.2) is 0 Å². The number of fused-ring (bicyclic) bond motifs is 1. The van der Waals surface area contributed by atoms with E-state index in [0.29, 0.717) is 13.1 Å². The zero-order valence-electron chi connectivity index (χ0n) is 16.6. The molecule has 0 spiro atoms. The van der Waals surface area contributed by atoms with Gasteiger partial charge in [-0.3, -0.25) is 14.4 Å². The maximum absolute atomic E-state index is 12.7. The molecule has 0 bridgehead atoms. The summed E-state index contributed by atoms with van der Waals surface area (Å²) in [5.41, 5.74) is 2.86. The summed E-state index contributed by atoms with van der Waals surface area (Å²) >= 11 is 0. The third kappa shape index (κ3) is 3.77. The molecule has 28 heavy (non-hydrogen) atoms. The highest BCUT2D eigenvalue weighted by Crippen LogP contribution is 2.34. The second-order valence-corrected chi connectivity index (χ2v) is 8.34. The van der Waals surface area contributed by atoms with Crippen LogP contribution in [0.25, 0.3) is 0 Å². The minimum atomic E-state index is -0.280. The van der Waals surface area contributed by atoms with E-state index >= 15 is 0 Å². The number of carbonyl (C=O) groups is 3. The number of benzene rings is 1. The van der Waals surface area contributed by atoms with Crippen molar-refractivity contribution in [3.63, 3.8) is 0 Å². The van der Waals surface area contributed by atoms with Crippen molar-refractivity contribution in [3.05, 3.63) is 23.8 Å².